The standard InChI is InChI=1S/C20H26N4O2/c1-15-9-18(23(3)21-15)13-22(2)20(26)14-24-12-17(11-19(24)25)10-16-7-5-4-6-8-16/h4-9,17H,10-14H2,1-3H3. The first kappa shape index (κ1) is 18.2. The van der Waals surface area contributed by atoms with Crippen molar-refractivity contribution < 1.29 is 9.59 Å². The van der Waals surface area contributed by atoms with Crippen molar-refractivity contribution in [2.75, 3.05) is 20.1 Å². The van der Waals surface area contributed by atoms with Gasteiger partial charge >= 0.3 is 0 Å². The molecule has 26 heavy (non-hydrogen) atoms. The molecule has 1 aliphatic heterocycles. The van der Waals surface area contributed by atoms with Gasteiger partial charge in [0.15, 0.2) is 0 Å². The molecule has 1 aliphatic rings. The Labute approximate surface area is 154 Å². The number of amides is 2. The highest BCUT2D eigenvalue weighted by Crippen LogP contribution is 2.22. The third kappa shape index (κ3) is 4.31. The maximum atomic E-state index is 12.5. The van der Waals surface area contributed by atoms with Crippen molar-refractivity contribution >= 4 is 11.8 Å². The topological polar surface area (TPSA) is 58.4 Å². The van der Waals surface area contributed by atoms with Gasteiger partial charge in [-0.2, -0.15) is 5.10 Å². The highest BCUT2D eigenvalue weighted by atomic mass is 16.2. The van der Waals surface area contributed by atoms with Crippen LogP contribution in [-0.2, 0) is 29.6 Å². The molecule has 0 N–H and O–H groups in total. The molecule has 6 nitrogen and oxygen atoms in total. The van der Waals surface area contributed by atoms with Gasteiger partial charge in [0.05, 0.1) is 24.5 Å². The van der Waals surface area contributed by atoms with Crippen molar-refractivity contribution in [3.63, 3.8) is 0 Å². The first-order valence-electron chi connectivity index (χ1n) is 8.97. The molecule has 1 saturated heterocycles. The van der Waals surface area contributed by atoms with Crippen LogP contribution in [0.15, 0.2) is 36.4 Å². The molecule has 138 valence electrons. The second-order valence-corrected chi connectivity index (χ2v) is 7.18. The molecule has 1 atom stereocenters. The van der Waals surface area contributed by atoms with Gasteiger partial charge in [0.25, 0.3) is 0 Å². The van der Waals surface area contributed by atoms with Crippen LogP contribution in [0.25, 0.3) is 0 Å². The molecule has 0 radical (unpaired) electrons. The monoisotopic (exact) mass is 354 g/mol. The molecule has 0 spiro atoms. The van der Waals surface area contributed by atoms with Gasteiger partial charge in [0, 0.05) is 27.1 Å². The Hall–Kier alpha value is -2.63. The zero-order chi connectivity index (χ0) is 18.7. The van der Waals surface area contributed by atoms with Gasteiger partial charge in [-0.05, 0) is 30.9 Å². The number of likely N-dealkylation sites (tertiary alicyclic amines) is 1. The van der Waals surface area contributed by atoms with E-state index >= 15 is 0 Å². The van der Waals surface area contributed by atoms with E-state index in [9.17, 15) is 9.59 Å². The fourth-order valence-corrected chi connectivity index (χ4v) is 3.52. The molecule has 3 rings (SSSR count). The van der Waals surface area contributed by atoms with E-state index in [2.05, 4.69) is 17.2 Å². The second-order valence-electron chi connectivity index (χ2n) is 7.18. The van der Waals surface area contributed by atoms with E-state index in [0.29, 0.717) is 19.5 Å². The molecule has 0 saturated carbocycles. The van der Waals surface area contributed by atoms with Crippen LogP contribution in [-0.4, -0.2) is 51.5 Å². The van der Waals surface area contributed by atoms with E-state index in [0.717, 1.165) is 17.8 Å². The third-order valence-corrected chi connectivity index (χ3v) is 4.91. The van der Waals surface area contributed by atoms with Gasteiger partial charge < -0.3 is 9.80 Å². The van der Waals surface area contributed by atoms with Crippen molar-refractivity contribution in [3.05, 3.63) is 53.3 Å². The van der Waals surface area contributed by atoms with Crippen LogP contribution in [0, 0.1) is 12.8 Å². The number of carbonyl (C=O) groups excluding carboxylic acids is 2. The summed E-state index contributed by atoms with van der Waals surface area (Å²) in [5.41, 5.74) is 3.15. The van der Waals surface area contributed by atoms with Crippen LogP contribution in [0.5, 0.6) is 0 Å². The Morgan fingerprint density at radius 2 is 2.04 bits per heavy atom. The number of likely N-dealkylation sites (N-methyl/N-ethyl adjacent to an activating group) is 1. The summed E-state index contributed by atoms with van der Waals surface area (Å²) < 4.78 is 1.79. The molecule has 1 unspecified atom stereocenters. The van der Waals surface area contributed by atoms with Gasteiger partial charge in [-0.15, -0.1) is 0 Å². The van der Waals surface area contributed by atoms with Gasteiger partial charge in [0.2, 0.25) is 11.8 Å². The summed E-state index contributed by atoms with van der Waals surface area (Å²) in [6.45, 7) is 3.22. The van der Waals surface area contributed by atoms with Crippen molar-refractivity contribution in [1.29, 1.82) is 0 Å². The predicted molar refractivity (Wildman–Crippen MR) is 99.3 cm³/mol. The van der Waals surface area contributed by atoms with E-state index in [4.69, 9.17) is 0 Å². The quantitative estimate of drug-likeness (QED) is 0.794. The first-order chi connectivity index (χ1) is 12.4. The van der Waals surface area contributed by atoms with Crippen LogP contribution >= 0.6 is 0 Å². The average molecular weight is 354 g/mol. The summed E-state index contributed by atoms with van der Waals surface area (Å²) in [5, 5.41) is 4.30. The molecule has 2 amide bonds. The Balaban J connectivity index is 1.53. The fourth-order valence-electron chi connectivity index (χ4n) is 3.52. The number of nitrogens with zero attached hydrogens (tertiary/aromatic N) is 4. The number of hydrogen-bond acceptors (Lipinski definition) is 3. The smallest absolute Gasteiger partial charge is 0.242 e. The molecule has 2 aromatic rings. The van der Waals surface area contributed by atoms with E-state index in [1.54, 1.807) is 21.5 Å². The predicted octanol–water partition coefficient (Wildman–Crippen LogP) is 1.78. The van der Waals surface area contributed by atoms with E-state index in [1.807, 2.05) is 38.2 Å². The molecule has 2 heterocycles. The Kier molecular flexibility index (Phi) is 5.40. The highest BCUT2D eigenvalue weighted by Gasteiger charge is 2.31. The van der Waals surface area contributed by atoms with E-state index < -0.39 is 0 Å². The minimum atomic E-state index is -0.0439. The molecular formula is C20H26N4O2. The Morgan fingerprint density at radius 3 is 2.69 bits per heavy atom. The van der Waals surface area contributed by atoms with Crippen LogP contribution in [0.1, 0.15) is 23.4 Å². The number of rotatable bonds is 6. The summed E-state index contributed by atoms with van der Waals surface area (Å²) in [7, 11) is 3.64. The lowest BCUT2D eigenvalue weighted by Crippen LogP contribution is -2.39. The molecule has 1 fully saturated rings. The maximum Gasteiger partial charge on any atom is 0.242 e. The number of hydrogen-bond donors (Lipinski definition) is 0. The van der Waals surface area contributed by atoms with Gasteiger partial charge in [-0.25, -0.2) is 0 Å². The van der Waals surface area contributed by atoms with Crippen molar-refractivity contribution in [2.45, 2.75) is 26.3 Å². The minimum absolute atomic E-state index is 0.0439. The molecule has 1 aromatic carbocycles. The zero-order valence-electron chi connectivity index (χ0n) is 15.7. The first-order valence-corrected chi connectivity index (χ1v) is 8.97. The Morgan fingerprint density at radius 1 is 1.31 bits per heavy atom. The van der Waals surface area contributed by atoms with Crippen LogP contribution < -0.4 is 0 Å². The second kappa shape index (κ2) is 7.72. The summed E-state index contributed by atoms with van der Waals surface area (Å²) in [6, 6.07) is 12.2. The van der Waals surface area contributed by atoms with Gasteiger partial charge in [-0.1, -0.05) is 30.3 Å². The van der Waals surface area contributed by atoms with Crippen molar-refractivity contribution in [2.24, 2.45) is 13.0 Å². The Bertz CT molecular complexity index is 784. The highest BCUT2D eigenvalue weighted by molar-refractivity contribution is 5.86. The normalized spacial score (nSPS) is 17.0. The number of carbonyl (C=O) groups is 2. The largest absolute Gasteiger partial charge is 0.338 e. The molecular weight excluding hydrogens is 328 g/mol. The number of aromatic nitrogens is 2. The molecule has 0 bridgehead atoms. The zero-order valence-corrected chi connectivity index (χ0v) is 15.7. The number of aryl methyl sites for hydroxylation is 2. The fraction of sp³-hybridized carbons (Fsp3) is 0.450. The van der Waals surface area contributed by atoms with Crippen LogP contribution in [0.2, 0.25) is 0 Å². The lowest BCUT2D eigenvalue weighted by Gasteiger charge is -2.22. The number of benzene rings is 1. The van der Waals surface area contributed by atoms with Crippen molar-refractivity contribution in [1.82, 2.24) is 19.6 Å². The van der Waals surface area contributed by atoms with Gasteiger partial charge in [-0.3, -0.25) is 14.3 Å². The van der Waals surface area contributed by atoms with E-state index in [-0.39, 0.29) is 24.3 Å². The summed E-state index contributed by atoms with van der Waals surface area (Å²) >= 11 is 0. The molecule has 1 aromatic heterocycles. The van der Waals surface area contributed by atoms with E-state index in [1.165, 1.54) is 5.56 Å². The third-order valence-electron chi connectivity index (χ3n) is 4.91. The van der Waals surface area contributed by atoms with Crippen molar-refractivity contribution in [3.8, 4) is 0 Å². The maximum absolute atomic E-state index is 12.5. The lowest BCUT2D eigenvalue weighted by molar-refractivity contribution is -0.137. The van der Waals surface area contributed by atoms with Gasteiger partial charge in [0.1, 0.15) is 0 Å². The summed E-state index contributed by atoms with van der Waals surface area (Å²) in [5.74, 6) is 0.310. The van der Waals surface area contributed by atoms with Crippen LogP contribution in [0.4, 0.5) is 0 Å². The average Bonchev–Trinajstić information content (AvgIpc) is 3.09. The summed E-state index contributed by atoms with van der Waals surface area (Å²) in [4.78, 5) is 28.2. The SMILES string of the molecule is Cc1cc(CN(C)C(=O)CN2CC(Cc3ccccc3)CC2=O)n(C)n1. The molecule has 0 aliphatic carbocycles. The molecule has 6 heteroatoms. The van der Waals surface area contributed by atoms with Crippen LogP contribution in [0.3, 0.4) is 0 Å². The lowest BCUT2D eigenvalue weighted by atomic mass is 9.99. The minimum Gasteiger partial charge on any atom is -0.338 e. The summed E-state index contributed by atoms with van der Waals surface area (Å²) in [6.07, 6.45) is 1.40.